The summed E-state index contributed by atoms with van der Waals surface area (Å²) in [7, 11) is 1.46. The number of carbonyl (C=O) groups is 1. The summed E-state index contributed by atoms with van der Waals surface area (Å²) in [6.07, 6.45) is 1.16. The summed E-state index contributed by atoms with van der Waals surface area (Å²) in [6.45, 7) is -0.126. The van der Waals surface area contributed by atoms with E-state index in [9.17, 15) is 20.0 Å². The predicted molar refractivity (Wildman–Crippen MR) is 59.1 cm³/mol. The molecule has 0 aliphatic carbocycles. The highest BCUT2D eigenvalue weighted by atomic mass is 16.6. The normalized spacial score (nSPS) is 10.4. The molecule has 0 aliphatic heterocycles. The zero-order chi connectivity index (χ0) is 12.8. The minimum atomic E-state index is -0.602. The number of carbonyl (C=O) groups excluding carboxylic acids is 1. The molecule has 1 aromatic carbocycles. The van der Waals surface area contributed by atoms with Crippen LogP contribution < -0.4 is 10.4 Å². The van der Waals surface area contributed by atoms with Crippen LogP contribution in [0.3, 0.4) is 0 Å². The number of nitrogens with zero attached hydrogens (tertiary/aromatic N) is 2. The standard InChI is InChI=1S/C10H11N3O4/c1-11-10(15)6-12-5-7-4-8(13(16)17)2-3-9(7)14/h2-5,14H,6H2,1H3,(H,11,15)/p-1. The molecule has 1 aromatic rings. The van der Waals surface area contributed by atoms with E-state index >= 15 is 0 Å². The maximum atomic E-state index is 11.3. The van der Waals surface area contributed by atoms with Crippen LogP contribution in [-0.2, 0) is 4.79 Å². The Morgan fingerprint density at radius 1 is 1.59 bits per heavy atom. The number of hydrogen-bond acceptors (Lipinski definition) is 5. The molecular weight excluding hydrogens is 226 g/mol. The molecular formula is C10H10N3O4-. The Morgan fingerprint density at radius 3 is 2.88 bits per heavy atom. The van der Waals surface area contributed by atoms with Crippen LogP contribution in [0, 0.1) is 10.1 Å². The van der Waals surface area contributed by atoms with E-state index in [4.69, 9.17) is 0 Å². The first-order valence-electron chi connectivity index (χ1n) is 4.70. The van der Waals surface area contributed by atoms with Gasteiger partial charge in [0.05, 0.1) is 4.92 Å². The monoisotopic (exact) mass is 236 g/mol. The number of rotatable bonds is 4. The van der Waals surface area contributed by atoms with Crippen molar-refractivity contribution in [1.82, 2.24) is 5.32 Å². The average Bonchev–Trinajstić information content (AvgIpc) is 2.30. The summed E-state index contributed by atoms with van der Waals surface area (Å²) < 4.78 is 0. The topological polar surface area (TPSA) is 108 Å². The summed E-state index contributed by atoms with van der Waals surface area (Å²) in [4.78, 5) is 24.5. The van der Waals surface area contributed by atoms with Gasteiger partial charge in [0, 0.05) is 25.4 Å². The van der Waals surface area contributed by atoms with Crippen LogP contribution in [0.25, 0.3) is 0 Å². The van der Waals surface area contributed by atoms with Gasteiger partial charge in [-0.05, 0) is 5.56 Å². The Hall–Kier alpha value is -2.44. The number of nitro groups is 1. The number of aliphatic imine (C=N–C) groups is 1. The number of benzene rings is 1. The summed E-state index contributed by atoms with van der Waals surface area (Å²) in [6, 6.07) is 3.34. The number of amides is 1. The Kier molecular flexibility index (Phi) is 4.15. The summed E-state index contributed by atoms with van der Waals surface area (Å²) >= 11 is 0. The largest absolute Gasteiger partial charge is 0.872 e. The minimum absolute atomic E-state index is 0.0862. The molecule has 1 rings (SSSR count). The van der Waals surface area contributed by atoms with Crippen LogP contribution in [0.4, 0.5) is 5.69 Å². The fourth-order valence-electron chi connectivity index (χ4n) is 1.06. The van der Waals surface area contributed by atoms with Gasteiger partial charge in [0.25, 0.3) is 5.69 Å². The molecule has 0 aliphatic rings. The smallest absolute Gasteiger partial charge is 0.270 e. The molecule has 7 heteroatoms. The SMILES string of the molecule is CNC(=O)CN=Cc1cc([N+](=O)[O-])ccc1[O-]. The van der Waals surface area contributed by atoms with Crippen molar-refractivity contribution in [2.75, 3.05) is 13.6 Å². The molecule has 0 fully saturated rings. The number of likely N-dealkylation sites (N-methyl/N-ethyl adjacent to an activating group) is 1. The van der Waals surface area contributed by atoms with Crippen molar-refractivity contribution in [3.8, 4) is 5.75 Å². The Bertz CT molecular complexity index is 471. The molecule has 90 valence electrons. The van der Waals surface area contributed by atoms with Crippen LogP contribution in [0.15, 0.2) is 23.2 Å². The van der Waals surface area contributed by atoms with E-state index in [0.717, 1.165) is 24.4 Å². The van der Waals surface area contributed by atoms with Gasteiger partial charge in [-0.2, -0.15) is 0 Å². The van der Waals surface area contributed by atoms with Crippen molar-refractivity contribution in [2.24, 2.45) is 4.99 Å². The lowest BCUT2D eigenvalue weighted by Crippen LogP contribution is -2.20. The van der Waals surface area contributed by atoms with Crippen LogP contribution in [0.5, 0.6) is 5.75 Å². The van der Waals surface area contributed by atoms with Gasteiger partial charge in [-0.15, -0.1) is 0 Å². The van der Waals surface area contributed by atoms with E-state index in [-0.39, 0.29) is 29.5 Å². The van der Waals surface area contributed by atoms with Crippen LogP contribution in [-0.4, -0.2) is 30.6 Å². The minimum Gasteiger partial charge on any atom is -0.872 e. The third-order valence-corrected chi connectivity index (χ3v) is 1.95. The lowest BCUT2D eigenvalue weighted by molar-refractivity contribution is -0.385. The lowest BCUT2D eigenvalue weighted by Gasteiger charge is -2.08. The lowest BCUT2D eigenvalue weighted by atomic mass is 10.2. The van der Waals surface area contributed by atoms with Crippen molar-refractivity contribution < 1.29 is 14.8 Å². The summed E-state index contributed by atoms with van der Waals surface area (Å²) in [5.41, 5.74) is -0.103. The molecule has 7 nitrogen and oxygen atoms in total. The first-order chi connectivity index (χ1) is 8.04. The average molecular weight is 236 g/mol. The molecule has 0 unspecified atom stereocenters. The fraction of sp³-hybridized carbons (Fsp3) is 0.200. The van der Waals surface area contributed by atoms with Gasteiger partial charge >= 0.3 is 0 Å². The first-order valence-corrected chi connectivity index (χ1v) is 4.70. The summed E-state index contributed by atoms with van der Waals surface area (Å²) in [5.74, 6) is -0.685. The second-order valence-corrected chi connectivity index (χ2v) is 3.12. The van der Waals surface area contributed by atoms with Crippen molar-refractivity contribution in [3.05, 3.63) is 33.9 Å². The van der Waals surface area contributed by atoms with Gasteiger partial charge in [-0.1, -0.05) is 11.8 Å². The van der Waals surface area contributed by atoms with Crippen LogP contribution >= 0.6 is 0 Å². The van der Waals surface area contributed by atoms with Gasteiger partial charge in [0.1, 0.15) is 6.54 Å². The van der Waals surface area contributed by atoms with E-state index in [1.54, 1.807) is 0 Å². The van der Waals surface area contributed by atoms with Gasteiger partial charge in [0.2, 0.25) is 5.91 Å². The van der Waals surface area contributed by atoms with Gasteiger partial charge in [0.15, 0.2) is 0 Å². The van der Waals surface area contributed by atoms with Gasteiger partial charge < -0.3 is 10.4 Å². The molecule has 17 heavy (non-hydrogen) atoms. The first kappa shape index (κ1) is 12.6. The maximum absolute atomic E-state index is 11.3. The number of nitro benzene ring substituents is 1. The molecule has 0 saturated carbocycles. The van der Waals surface area contributed by atoms with Crippen LogP contribution in [0.1, 0.15) is 5.56 Å². The van der Waals surface area contributed by atoms with Crippen molar-refractivity contribution in [3.63, 3.8) is 0 Å². The molecule has 0 aromatic heterocycles. The van der Waals surface area contributed by atoms with E-state index in [2.05, 4.69) is 10.3 Å². The predicted octanol–water partition coefficient (Wildman–Crippen LogP) is -0.167. The van der Waals surface area contributed by atoms with Crippen molar-refractivity contribution >= 4 is 17.8 Å². The van der Waals surface area contributed by atoms with E-state index in [0.29, 0.717) is 0 Å². The maximum Gasteiger partial charge on any atom is 0.270 e. The summed E-state index contributed by atoms with van der Waals surface area (Å²) in [5, 5.41) is 24.2. The van der Waals surface area contributed by atoms with Gasteiger partial charge in [-0.3, -0.25) is 19.9 Å². The second-order valence-electron chi connectivity index (χ2n) is 3.12. The molecule has 1 N–H and O–H groups in total. The molecule has 0 heterocycles. The molecule has 0 radical (unpaired) electrons. The number of nitrogens with one attached hydrogen (secondary N) is 1. The third kappa shape index (κ3) is 3.56. The van der Waals surface area contributed by atoms with E-state index in [1.165, 1.54) is 7.05 Å². The Labute approximate surface area is 96.9 Å². The molecule has 0 saturated heterocycles. The number of non-ortho nitro benzene ring substituents is 1. The highest BCUT2D eigenvalue weighted by Crippen LogP contribution is 2.18. The third-order valence-electron chi connectivity index (χ3n) is 1.95. The fourth-order valence-corrected chi connectivity index (χ4v) is 1.06. The quantitative estimate of drug-likeness (QED) is 0.445. The number of hydrogen-bond donors (Lipinski definition) is 1. The zero-order valence-corrected chi connectivity index (χ0v) is 9.04. The second kappa shape index (κ2) is 5.59. The molecule has 0 bridgehead atoms. The highest BCUT2D eigenvalue weighted by Gasteiger charge is 2.05. The highest BCUT2D eigenvalue weighted by molar-refractivity contribution is 5.86. The van der Waals surface area contributed by atoms with Gasteiger partial charge in [-0.25, -0.2) is 0 Å². The molecule has 0 atom stereocenters. The van der Waals surface area contributed by atoms with E-state index < -0.39 is 4.92 Å². The Morgan fingerprint density at radius 2 is 2.29 bits per heavy atom. The van der Waals surface area contributed by atoms with Crippen molar-refractivity contribution in [1.29, 1.82) is 0 Å². The van der Waals surface area contributed by atoms with E-state index in [1.807, 2.05) is 0 Å². The molecule has 1 amide bonds. The Balaban J connectivity index is 2.86. The van der Waals surface area contributed by atoms with Crippen molar-refractivity contribution in [2.45, 2.75) is 0 Å². The zero-order valence-electron chi connectivity index (χ0n) is 9.04. The molecule has 0 spiro atoms. The van der Waals surface area contributed by atoms with Crippen LogP contribution in [0.2, 0.25) is 0 Å².